The predicted molar refractivity (Wildman–Crippen MR) is 71.3 cm³/mol. The van der Waals surface area contributed by atoms with E-state index in [1.807, 2.05) is 6.07 Å². The highest BCUT2D eigenvalue weighted by atomic mass is 16.5. The lowest BCUT2D eigenvalue weighted by molar-refractivity contribution is 0.0992. The molecule has 1 amide bonds. The molecule has 0 spiro atoms. The number of hydrogen-bond acceptors (Lipinski definition) is 4. The van der Waals surface area contributed by atoms with Crippen LogP contribution in [-0.4, -0.2) is 30.1 Å². The van der Waals surface area contributed by atoms with E-state index in [9.17, 15) is 4.79 Å². The number of amides is 1. The molecule has 5 heteroatoms. The lowest BCUT2D eigenvalue weighted by Crippen LogP contribution is -2.24. The number of nitrogens with one attached hydrogen (secondary N) is 1. The van der Waals surface area contributed by atoms with E-state index in [0.29, 0.717) is 11.4 Å². The summed E-state index contributed by atoms with van der Waals surface area (Å²) in [6.07, 6.45) is 5.28. The lowest BCUT2D eigenvalue weighted by Gasteiger charge is -2.19. The van der Waals surface area contributed by atoms with E-state index in [2.05, 4.69) is 10.3 Å². The second kappa shape index (κ2) is 5.17. The van der Waals surface area contributed by atoms with Gasteiger partial charge >= 0.3 is 0 Å². The zero-order valence-electron chi connectivity index (χ0n) is 10.9. The van der Waals surface area contributed by atoms with Crippen molar-refractivity contribution in [2.45, 2.75) is 38.2 Å². The molecule has 3 rings (SSSR count). The van der Waals surface area contributed by atoms with Crippen molar-refractivity contribution in [1.29, 1.82) is 0 Å². The second-order valence-corrected chi connectivity index (χ2v) is 5.25. The molecule has 0 radical (unpaired) electrons. The minimum absolute atomic E-state index is 0.0900. The molecular formula is C14H19N3O2. The first-order chi connectivity index (χ1) is 9.24. The van der Waals surface area contributed by atoms with Crippen LogP contribution in [-0.2, 0) is 12.8 Å². The molecule has 5 nitrogen and oxygen atoms in total. The van der Waals surface area contributed by atoms with Gasteiger partial charge in [0.2, 0.25) is 5.88 Å². The molecule has 1 fully saturated rings. The number of nitrogens with zero attached hydrogens (tertiary/aromatic N) is 1. The van der Waals surface area contributed by atoms with E-state index in [-0.39, 0.29) is 6.10 Å². The van der Waals surface area contributed by atoms with Crippen LogP contribution < -0.4 is 15.8 Å². The molecule has 1 aromatic heterocycles. The molecule has 1 unspecified atom stereocenters. The van der Waals surface area contributed by atoms with Crippen molar-refractivity contribution in [2.75, 3.05) is 13.1 Å². The monoisotopic (exact) mass is 261 g/mol. The molecule has 19 heavy (non-hydrogen) atoms. The van der Waals surface area contributed by atoms with Gasteiger partial charge in [-0.25, -0.2) is 4.98 Å². The largest absolute Gasteiger partial charge is 0.472 e. The zero-order chi connectivity index (χ0) is 13.2. The fourth-order valence-electron chi connectivity index (χ4n) is 2.77. The molecule has 3 N–H and O–H groups in total. The van der Waals surface area contributed by atoms with Crippen LogP contribution in [0.4, 0.5) is 0 Å². The highest BCUT2D eigenvalue weighted by Crippen LogP contribution is 2.26. The number of ether oxygens (including phenoxy) is 1. The Morgan fingerprint density at radius 1 is 1.42 bits per heavy atom. The number of fused-ring (bicyclic) bond motifs is 1. The van der Waals surface area contributed by atoms with Crippen LogP contribution in [0.1, 0.15) is 40.9 Å². The topological polar surface area (TPSA) is 77.2 Å². The van der Waals surface area contributed by atoms with Crippen molar-refractivity contribution in [3.8, 4) is 5.88 Å². The third-order valence-corrected chi connectivity index (χ3v) is 3.82. The van der Waals surface area contributed by atoms with Gasteiger partial charge in [-0.2, -0.15) is 0 Å². The average Bonchev–Trinajstić information content (AvgIpc) is 2.90. The first-order valence-corrected chi connectivity index (χ1v) is 6.94. The number of carbonyl (C=O) groups excluding carboxylic acids is 1. The van der Waals surface area contributed by atoms with Crippen LogP contribution in [0.2, 0.25) is 0 Å². The number of hydrogen-bond donors (Lipinski definition) is 2. The van der Waals surface area contributed by atoms with Crippen LogP contribution >= 0.6 is 0 Å². The summed E-state index contributed by atoms with van der Waals surface area (Å²) < 4.78 is 5.86. The molecule has 1 aliphatic carbocycles. The smallest absolute Gasteiger partial charge is 0.254 e. The normalized spacial score (nSPS) is 22.0. The van der Waals surface area contributed by atoms with Gasteiger partial charge in [0.15, 0.2) is 0 Å². The van der Waals surface area contributed by atoms with Gasteiger partial charge in [-0.15, -0.1) is 0 Å². The van der Waals surface area contributed by atoms with Crippen LogP contribution in [0.3, 0.4) is 0 Å². The van der Waals surface area contributed by atoms with E-state index >= 15 is 0 Å². The first-order valence-electron chi connectivity index (χ1n) is 6.94. The number of carbonyl (C=O) groups is 1. The van der Waals surface area contributed by atoms with E-state index in [4.69, 9.17) is 10.5 Å². The maximum atomic E-state index is 11.6. The molecule has 2 aliphatic rings. The summed E-state index contributed by atoms with van der Waals surface area (Å²) in [5.41, 5.74) is 8.09. The Morgan fingerprint density at radius 3 is 3.00 bits per heavy atom. The van der Waals surface area contributed by atoms with Crippen LogP contribution in [0, 0.1) is 0 Å². The minimum Gasteiger partial charge on any atom is -0.472 e. The highest BCUT2D eigenvalue weighted by Gasteiger charge is 2.23. The van der Waals surface area contributed by atoms with Crippen LogP contribution in [0.5, 0.6) is 5.88 Å². The van der Waals surface area contributed by atoms with Crippen molar-refractivity contribution in [3.63, 3.8) is 0 Å². The minimum atomic E-state index is -0.457. The summed E-state index contributed by atoms with van der Waals surface area (Å²) in [6.45, 7) is 1.75. The molecule has 1 aromatic rings. The quantitative estimate of drug-likeness (QED) is 0.843. The van der Waals surface area contributed by atoms with Gasteiger partial charge in [-0.05, 0) is 50.3 Å². The Labute approximate surface area is 112 Å². The lowest BCUT2D eigenvalue weighted by atomic mass is 9.95. The van der Waals surface area contributed by atoms with Crippen molar-refractivity contribution in [3.05, 3.63) is 22.9 Å². The molecule has 2 heterocycles. The number of rotatable bonds is 3. The van der Waals surface area contributed by atoms with Gasteiger partial charge < -0.3 is 15.8 Å². The van der Waals surface area contributed by atoms with Gasteiger partial charge in [0, 0.05) is 12.2 Å². The van der Waals surface area contributed by atoms with Gasteiger partial charge in [0.1, 0.15) is 11.7 Å². The average molecular weight is 261 g/mol. The first kappa shape index (κ1) is 12.4. The fourth-order valence-corrected chi connectivity index (χ4v) is 2.77. The Morgan fingerprint density at radius 2 is 2.26 bits per heavy atom. The molecule has 0 aromatic carbocycles. The van der Waals surface area contributed by atoms with Gasteiger partial charge in [-0.1, -0.05) is 0 Å². The standard InChI is InChI=1S/C14H19N3O2/c15-13(18)11-7-9-3-1-2-4-12(9)17-14(11)19-10-5-6-16-8-10/h7,10,16H,1-6,8H2,(H2,15,18). The summed E-state index contributed by atoms with van der Waals surface area (Å²) in [5, 5.41) is 3.23. The molecule has 0 saturated carbocycles. The second-order valence-electron chi connectivity index (χ2n) is 5.25. The number of aryl methyl sites for hydroxylation is 2. The van der Waals surface area contributed by atoms with Crippen molar-refractivity contribution in [2.24, 2.45) is 5.73 Å². The summed E-state index contributed by atoms with van der Waals surface area (Å²) in [5.74, 6) is -0.0383. The third-order valence-electron chi connectivity index (χ3n) is 3.82. The Balaban J connectivity index is 1.93. The number of nitrogens with two attached hydrogens (primary N) is 1. The number of primary amides is 1. The van der Waals surface area contributed by atoms with E-state index in [1.54, 1.807) is 0 Å². The Hall–Kier alpha value is -1.62. The Kier molecular flexibility index (Phi) is 3.38. The van der Waals surface area contributed by atoms with Crippen molar-refractivity contribution in [1.82, 2.24) is 10.3 Å². The van der Waals surface area contributed by atoms with Crippen LogP contribution in [0.25, 0.3) is 0 Å². The number of aromatic nitrogens is 1. The molecule has 1 saturated heterocycles. The molecular weight excluding hydrogens is 242 g/mol. The molecule has 0 bridgehead atoms. The summed E-state index contributed by atoms with van der Waals surface area (Å²) in [7, 11) is 0. The van der Waals surface area contributed by atoms with Crippen molar-refractivity contribution >= 4 is 5.91 Å². The zero-order valence-corrected chi connectivity index (χ0v) is 10.9. The molecule has 102 valence electrons. The van der Waals surface area contributed by atoms with E-state index in [0.717, 1.165) is 56.5 Å². The van der Waals surface area contributed by atoms with E-state index < -0.39 is 5.91 Å². The fraction of sp³-hybridized carbons (Fsp3) is 0.571. The maximum absolute atomic E-state index is 11.6. The van der Waals surface area contributed by atoms with E-state index in [1.165, 1.54) is 0 Å². The maximum Gasteiger partial charge on any atom is 0.254 e. The van der Waals surface area contributed by atoms with Gasteiger partial charge in [0.05, 0.1) is 0 Å². The SMILES string of the molecule is NC(=O)c1cc2c(nc1OC1CCNC1)CCCC2. The Bertz CT molecular complexity index is 496. The van der Waals surface area contributed by atoms with Crippen LogP contribution in [0.15, 0.2) is 6.07 Å². The molecule has 1 atom stereocenters. The number of pyridine rings is 1. The van der Waals surface area contributed by atoms with Crippen molar-refractivity contribution < 1.29 is 9.53 Å². The summed E-state index contributed by atoms with van der Waals surface area (Å²) in [4.78, 5) is 16.1. The third kappa shape index (κ3) is 2.56. The van der Waals surface area contributed by atoms with Gasteiger partial charge in [-0.3, -0.25) is 4.79 Å². The predicted octanol–water partition coefficient (Wildman–Crippen LogP) is 0.800. The van der Waals surface area contributed by atoms with Gasteiger partial charge in [0.25, 0.3) is 5.91 Å². The summed E-state index contributed by atoms with van der Waals surface area (Å²) in [6, 6.07) is 1.88. The highest BCUT2D eigenvalue weighted by molar-refractivity contribution is 5.95. The molecule has 1 aliphatic heterocycles. The summed E-state index contributed by atoms with van der Waals surface area (Å²) >= 11 is 0.